The summed E-state index contributed by atoms with van der Waals surface area (Å²) in [5.74, 6) is 0.529. The van der Waals surface area contributed by atoms with E-state index in [0.717, 1.165) is 24.3 Å². The summed E-state index contributed by atoms with van der Waals surface area (Å²) in [4.78, 5) is 0.368. The van der Waals surface area contributed by atoms with Crippen molar-refractivity contribution in [1.82, 2.24) is 0 Å². The molecule has 3 unspecified atom stereocenters. The fourth-order valence-electron chi connectivity index (χ4n) is 3.77. The molecule has 1 aromatic carbocycles. The molecule has 2 aliphatic rings. The highest BCUT2D eigenvalue weighted by atomic mass is 32.2. The van der Waals surface area contributed by atoms with E-state index in [9.17, 15) is 8.42 Å². The lowest BCUT2D eigenvalue weighted by molar-refractivity contribution is -0.0923. The summed E-state index contributed by atoms with van der Waals surface area (Å²) < 4.78 is 29.3. The van der Waals surface area contributed by atoms with Crippen LogP contribution >= 0.6 is 0 Å². The van der Waals surface area contributed by atoms with E-state index in [1.54, 1.807) is 12.1 Å². The maximum atomic E-state index is 11.7. The molecule has 1 saturated heterocycles. The first-order chi connectivity index (χ1) is 9.71. The SMILES string of the molecule is Cc1ccc(S(C)(=O)=O)cc1NC1C2CCOC2C1(C)C. The van der Waals surface area contributed by atoms with Crippen LogP contribution in [0.4, 0.5) is 5.69 Å². The van der Waals surface area contributed by atoms with Gasteiger partial charge >= 0.3 is 0 Å². The molecule has 3 rings (SSSR count). The van der Waals surface area contributed by atoms with Crippen LogP contribution in [0.1, 0.15) is 25.8 Å². The highest BCUT2D eigenvalue weighted by Gasteiger charge is 2.59. The van der Waals surface area contributed by atoms with E-state index in [0.29, 0.717) is 23.0 Å². The normalized spacial score (nSPS) is 30.6. The Morgan fingerprint density at radius 1 is 1.33 bits per heavy atom. The number of hydrogen-bond acceptors (Lipinski definition) is 4. The Hall–Kier alpha value is -1.07. The highest BCUT2D eigenvalue weighted by molar-refractivity contribution is 7.90. The van der Waals surface area contributed by atoms with E-state index in [-0.39, 0.29) is 5.41 Å². The molecule has 1 heterocycles. The summed E-state index contributed by atoms with van der Waals surface area (Å²) >= 11 is 0. The Bertz CT molecular complexity index is 666. The average Bonchev–Trinajstić information content (AvgIpc) is 2.83. The monoisotopic (exact) mass is 309 g/mol. The van der Waals surface area contributed by atoms with Crippen molar-refractivity contribution < 1.29 is 13.2 Å². The van der Waals surface area contributed by atoms with Gasteiger partial charge in [0.1, 0.15) is 0 Å². The van der Waals surface area contributed by atoms with Crippen molar-refractivity contribution in [3.8, 4) is 0 Å². The van der Waals surface area contributed by atoms with Crippen molar-refractivity contribution in [3.05, 3.63) is 23.8 Å². The smallest absolute Gasteiger partial charge is 0.175 e. The second-order valence-electron chi connectivity index (χ2n) is 6.94. The molecule has 1 N–H and O–H groups in total. The number of aryl methyl sites for hydroxylation is 1. The van der Waals surface area contributed by atoms with Crippen LogP contribution in [0.25, 0.3) is 0 Å². The van der Waals surface area contributed by atoms with Crippen molar-refractivity contribution >= 4 is 15.5 Å². The van der Waals surface area contributed by atoms with Crippen molar-refractivity contribution in [2.45, 2.75) is 44.2 Å². The second-order valence-corrected chi connectivity index (χ2v) is 8.95. The van der Waals surface area contributed by atoms with Gasteiger partial charge in [-0.2, -0.15) is 0 Å². The van der Waals surface area contributed by atoms with Crippen LogP contribution < -0.4 is 5.32 Å². The zero-order valence-electron chi connectivity index (χ0n) is 13.0. The number of sulfone groups is 1. The standard InChI is InChI=1S/C16H23NO3S/c1-10-5-6-11(21(4,18)19)9-13(10)17-14-12-7-8-20-15(12)16(14,2)3/h5-6,9,12,14-15,17H,7-8H2,1-4H3. The van der Waals surface area contributed by atoms with Gasteiger partial charge in [0.05, 0.1) is 11.0 Å². The van der Waals surface area contributed by atoms with Gasteiger partial charge in [-0.1, -0.05) is 19.9 Å². The van der Waals surface area contributed by atoms with Crippen LogP contribution in [0.5, 0.6) is 0 Å². The predicted molar refractivity (Wildman–Crippen MR) is 83.3 cm³/mol. The molecule has 1 aliphatic heterocycles. The Morgan fingerprint density at radius 2 is 2.05 bits per heavy atom. The summed E-state index contributed by atoms with van der Waals surface area (Å²) in [7, 11) is -3.18. The first-order valence-electron chi connectivity index (χ1n) is 7.40. The van der Waals surface area contributed by atoms with Gasteiger partial charge in [-0.05, 0) is 31.0 Å². The van der Waals surface area contributed by atoms with Gasteiger partial charge in [0.25, 0.3) is 0 Å². The number of nitrogens with one attached hydrogen (secondary N) is 1. The van der Waals surface area contributed by atoms with Crippen molar-refractivity contribution in [2.75, 3.05) is 18.2 Å². The number of anilines is 1. The van der Waals surface area contributed by atoms with Crippen LogP contribution in [0.3, 0.4) is 0 Å². The van der Waals surface area contributed by atoms with Crippen molar-refractivity contribution in [3.63, 3.8) is 0 Å². The van der Waals surface area contributed by atoms with Crippen LogP contribution in [0.15, 0.2) is 23.1 Å². The van der Waals surface area contributed by atoms with E-state index in [2.05, 4.69) is 19.2 Å². The van der Waals surface area contributed by atoms with Gasteiger partial charge in [-0.25, -0.2) is 8.42 Å². The molecule has 0 amide bonds. The number of ether oxygens (including phenoxy) is 1. The first-order valence-corrected chi connectivity index (χ1v) is 9.29. The lowest BCUT2D eigenvalue weighted by Gasteiger charge is -2.55. The minimum Gasteiger partial charge on any atom is -0.381 e. The van der Waals surface area contributed by atoms with Crippen molar-refractivity contribution in [1.29, 1.82) is 0 Å². The van der Waals surface area contributed by atoms with Crippen LogP contribution in [0, 0.1) is 18.3 Å². The fraction of sp³-hybridized carbons (Fsp3) is 0.625. The van der Waals surface area contributed by atoms with Gasteiger partial charge in [-0.15, -0.1) is 0 Å². The summed E-state index contributed by atoms with van der Waals surface area (Å²) in [6.07, 6.45) is 2.65. The zero-order chi connectivity index (χ0) is 15.4. The average molecular weight is 309 g/mol. The van der Waals surface area contributed by atoms with E-state index in [4.69, 9.17) is 4.74 Å². The first kappa shape index (κ1) is 14.9. The topological polar surface area (TPSA) is 55.4 Å². The molecule has 0 aromatic heterocycles. The Morgan fingerprint density at radius 3 is 2.71 bits per heavy atom. The molecule has 3 atom stereocenters. The number of rotatable bonds is 3. The van der Waals surface area contributed by atoms with Crippen LogP contribution in [-0.2, 0) is 14.6 Å². The quantitative estimate of drug-likeness (QED) is 0.932. The molecule has 21 heavy (non-hydrogen) atoms. The predicted octanol–water partition coefficient (Wildman–Crippen LogP) is 2.62. The Labute approximate surface area is 126 Å². The summed E-state index contributed by atoms with van der Waals surface area (Å²) in [5, 5.41) is 3.58. The Balaban J connectivity index is 1.88. The molecule has 2 fully saturated rings. The van der Waals surface area contributed by atoms with Crippen molar-refractivity contribution in [2.24, 2.45) is 11.3 Å². The summed E-state index contributed by atoms with van der Waals surface area (Å²) in [6, 6.07) is 5.62. The number of benzene rings is 1. The largest absolute Gasteiger partial charge is 0.381 e. The minimum absolute atomic E-state index is 0.0781. The third-order valence-corrected chi connectivity index (χ3v) is 6.16. The third-order valence-electron chi connectivity index (χ3n) is 5.05. The van der Waals surface area contributed by atoms with Gasteiger partial charge in [0, 0.05) is 35.9 Å². The molecule has 0 bridgehead atoms. The lowest BCUT2D eigenvalue weighted by atomic mass is 9.57. The fourth-order valence-corrected chi connectivity index (χ4v) is 4.42. The van der Waals surface area contributed by atoms with Gasteiger partial charge in [-0.3, -0.25) is 0 Å². The molecule has 0 spiro atoms. The molecule has 4 nitrogen and oxygen atoms in total. The highest BCUT2D eigenvalue weighted by Crippen LogP contribution is 2.53. The molecule has 116 valence electrons. The molecule has 1 aliphatic carbocycles. The van der Waals surface area contributed by atoms with Gasteiger partial charge < -0.3 is 10.1 Å². The molecule has 5 heteroatoms. The summed E-state index contributed by atoms with van der Waals surface area (Å²) in [5.41, 5.74) is 2.07. The van der Waals surface area contributed by atoms with Crippen LogP contribution in [-0.4, -0.2) is 33.4 Å². The molecular formula is C16H23NO3S. The zero-order valence-corrected chi connectivity index (χ0v) is 13.8. The number of hydrogen-bond donors (Lipinski definition) is 1. The minimum atomic E-state index is -3.18. The maximum absolute atomic E-state index is 11.7. The molecular weight excluding hydrogens is 286 g/mol. The summed E-state index contributed by atoms with van der Waals surface area (Å²) in [6.45, 7) is 7.27. The van der Waals surface area contributed by atoms with Crippen LogP contribution in [0.2, 0.25) is 0 Å². The second kappa shape index (κ2) is 4.71. The molecule has 1 saturated carbocycles. The Kier molecular flexibility index (Phi) is 3.33. The maximum Gasteiger partial charge on any atom is 0.175 e. The lowest BCUT2D eigenvalue weighted by Crippen LogP contribution is -2.63. The third kappa shape index (κ3) is 2.36. The van der Waals surface area contributed by atoms with Gasteiger partial charge in [0.15, 0.2) is 9.84 Å². The van der Waals surface area contributed by atoms with E-state index in [1.165, 1.54) is 6.26 Å². The van der Waals surface area contributed by atoms with E-state index >= 15 is 0 Å². The number of fused-ring (bicyclic) bond motifs is 1. The molecule has 1 aromatic rings. The van der Waals surface area contributed by atoms with E-state index in [1.807, 2.05) is 13.0 Å². The van der Waals surface area contributed by atoms with E-state index < -0.39 is 9.84 Å². The van der Waals surface area contributed by atoms with Gasteiger partial charge in [0.2, 0.25) is 0 Å². The molecule has 0 radical (unpaired) electrons.